The van der Waals surface area contributed by atoms with Crippen molar-refractivity contribution in [3.05, 3.63) is 54.2 Å². The molecule has 8 nitrogen and oxygen atoms in total. The van der Waals surface area contributed by atoms with Gasteiger partial charge in [0.15, 0.2) is 0 Å². The molecule has 1 saturated carbocycles. The molecular formula is C23H23F2N5O3. The van der Waals surface area contributed by atoms with E-state index in [-0.39, 0.29) is 12.4 Å². The van der Waals surface area contributed by atoms with Crippen LogP contribution in [0.5, 0.6) is 0 Å². The van der Waals surface area contributed by atoms with E-state index in [0.29, 0.717) is 22.7 Å². The Hall–Kier alpha value is -3.40. The smallest absolute Gasteiger partial charge is 0.314 e. The lowest BCUT2D eigenvalue weighted by molar-refractivity contribution is -0.163. The third-order valence-corrected chi connectivity index (χ3v) is 6.43. The van der Waals surface area contributed by atoms with Gasteiger partial charge >= 0.3 is 6.43 Å². The number of anilines is 2. The molecule has 2 aromatic heterocycles. The standard InChI is InChI=1S/C23H23F2N5O3/c1-29(17-8-23(9-17)12-32-13-23)18-4-2-3-5-19(18)30(14-31)11-16-7-6-15(10-26-16)21-27-28-22(33-21)20(24)25/h2-7,10,14,17,20H,8-9,11-13H2,1H3. The minimum absolute atomic E-state index is 0.0290. The van der Waals surface area contributed by atoms with Gasteiger partial charge in [0.1, 0.15) is 0 Å². The second-order valence-corrected chi connectivity index (χ2v) is 8.67. The first-order valence-corrected chi connectivity index (χ1v) is 10.7. The number of aromatic nitrogens is 3. The topological polar surface area (TPSA) is 84.6 Å². The zero-order valence-electron chi connectivity index (χ0n) is 18.0. The Labute approximate surface area is 189 Å². The second-order valence-electron chi connectivity index (χ2n) is 8.67. The van der Waals surface area contributed by atoms with E-state index in [1.54, 1.807) is 17.0 Å². The summed E-state index contributed by atoms with van der Waals surface area (Å²) in [5, 5.41) is 6.95. The summed E-state index contributed by atoms with van der Waals surface area (Å²) in [6, 6.07) is 11.6. The van der Waals surface area contributed by atoms with Crippen LogP contribution in [0.15, 0.2) is 47.0 Å². The Morgan fingerprint density at radius 3 is 2.48 bits per heavy atom. The third kappa shape index (κ3) is 4.06. The molecule has 1 aromatic carbocycles. The molecule has 3 aromatic rings. The summed E-state index contributed by atoms with van der Waals surface area (Å²) in [7, 11) is 2.06. The number of halogens is 2. The van der Waals surface area contributed by atoms with Gasteiger partial charge in [-0.25, -0.2) is 0 Å². The summed E-state index contributed by atoms with van der Waals surface area (Å²) in [5.74, 6) is -0.761. The quantitative estimate of drug-likeness (QED) is 0.477. The number of amides is 1. The number of alkyl halides is 2. The molecule has 1 spiro atoms. The van der Waals surface area contributed by atoms with Gasteiger partial charge in [0, 0.05) is 24.7 Å². The van der Waals surface area contributed by atoms with Crippen LogP contribution in [0.3, 0.4) is 0 Å². The molecule has 1 amide bonds. The van der Waals surface area contributed by atoms with Crippen LogP contribution in [-0.2, 0) is 16.1 Å². The number of hydrogen-bond donors (Lipinski definition) is 0. The molecule has 2 fully saturated rings. The number of carbonyl (C=O) groups excluding carboxylic acids is 1. The number of para-hydroxylation sites is 2. The van der Waals surface area contributed by atoms with Crippen LogP contribution >= 0.6 is 0 Å². The van der Waals surface area contributed by atoms with Crippen molar-refractivity contribution in [3.63, 3.8) is 0 Å². The molecule has 5 rings (SSSR count). The van der Waals surface area contributed by atoms with Crippen molar-refractivity contribution >= 4 is 17.8 Å². The average molecular weight is 455 g/mol. The number of carbonyl (C=O) groups is 1. The van der Waals surface area contributed by atoms with Gasteiger partial charge in [0.25, 0.3) is 5.89 Å². The lowest BCUT2D eigenvalue weighted by atomic mass is 9.63. The number of hydrogen-bond acceptors (Lipinski definition) is 7. The van der Waals surface area contributed by atoms with E-state index in [1.807, 2.05) is 24.3 Å². The molecule has 33 heavy (non-hydrogen) atoms. The number of rotatable bonds is 8. The maximum absolute atomic E-state index is 12.7. The molecule has 0 radical (unpaired) electrons. The van der Waals surface area contributed by atoms with Crippen LogP contribution < -0.4 is 9.80 Å². The maximum Gasteiger partial charge on any atom is 0.314 e. The molecular weight excluding hydrogens is 432 g/mol. The second kappa shape index (κ2) is 8.51. The summed E-state index contributed by atoms with van der Waals surface area (Å²) in [4.78, 5) is 20.2. The molecule has 10 heteroatoms. The molecule has 1 saturated heterocycles. The molecule has 0 bridgehead atoms. The van der Waals surface area contributed by atoms with Crippen molar-refractivity contribution in [2.24, 2.45) is 5.41 Å². The summed E-state index contributed by atoms with van der Waals surface area (Å²) >= 11 is 0. The van der Waals surface area contributed by atoms with E-state index in [9.17, 15) is 13.6 Å². The fourth-order valence-corrected chi connectivity index (χ4v) is 4.48. The highest BCUT2D eigenvalue weighted by Crippen LogP contribution is 2.50. The monoisotopic (exact) mass is 455 g/mol. The van der Waals surface area contributed by atoms with E-state index in [0.717, 1.165) is 43.8 Å². The normalized spacial score (nSPS) is 17.0. The Bertz CT molecular complexity index is 1130. The number of ether oxygens (including phenoxy) is 1. The van der Waals surface area contributed by atoms with Gasteiger partial charge in [-0.1, -0.05) is 12.1 Å². The van der Waals surface area contributed by atoms with Crippen LogP contribution in [0.4, 0.5) is 20.2 Å². The van der Waals surface area contributed by atoms with Gasteiger partial charge in [-0.15, -0.1) is 10.2 Å². The van der Waals surface area contributed by atoms with Gasteiger partial charge < -0.3 is 19.0 Å². The van der Waals surface area contributed by atoms with E-state index in [2.05, 4.69) is 27.1 Å². The summed E-state index contributed by atoms with van der Waals surface area (Å²) in [5.41, 5.74) is 3.18. The van der Waals surface area contributed by atoms with Gasteiger partial charge in [-0.05, 0) is 37.1 Å². The van der Waals surface area contributed by atoms with Gasteiger partial charge in [-0.2, -0.15) is 8.78 Å². The highest BCUT2D eigenvalue weighted by atomic mass is 19.3. The molecule has 1 aliphatic heterocycles. The fourth-order valence-electron chi connectivity index (χ4n) is 4.48. The van der Waals surface area contributed by atoms with Crippen LogP contribution in [0.25, 0.3) is 11.5 Å². The molecule has 1 aliphatic carbocycles. The maximum atomic E-state index is 12.7. The third-order valence-electron chi connectivity index (χ3n) is 6.43. The van der Waals surface area contributed by atoms with Crippen molar-refractivity contribution in [1.82, 2.24) is 15.2 Å². The van der Waals surface area contributed by atoms with Gasteiger partial charge in [-0.3, -0.25) is 9.78 Å². The molecule has 2 aliphatic rings. The highest BCUT2D eigenvalue weighted by Gasteiger charge is 2.51. The Balaban J connectivity index is 1.31. The Morgan fingerprint density at radius 2 is 1.91 bits per heavy atom. The average Bonchev–Trinajstić information content (AvgIpc) is 3.27. The first-order valence-electron chi connectivity index (χ1n) is 10.7. The van der Waals surface area contributed by atoms with Gasteiger partial charge in [0.05, 0.1) is 42.4 Å². The number of nitrogens with zero attached hydrogens (tertiary/aromatic N) is 5. The summed E-state index contributed by atoms with van der Waals surface area (Å²) < 4.78 is 35.7. The van der Waals surface area contributed by atoms with Crippen LogP contribution in [-0.4, -0.2) is 47.9 Å². The van der Waals surface area contributed by atoms with E-state index in [4.69, 9.17) is 9.15 Å². The SMILES string of the molecule is CN(c1ccccc1N(C=O)Cc1ccc(-c2nnc(C(F)F)o2)cn1)C1CC2(COC2)C1. The molecule has 0 N–H and O–H groups in total. The lowest BCUT2D eigenvalue weighted by Crippen LogP contribution is -2.59. The van der Waals surface area contributed by atoms with Crippen molar-refractivity contribution in [2.45, 2.75) is 31.9 Å². The largest absolute Gasteiger partial charge is 0.415 e. The summed E-state index contributed by atoms with van der Waals surface area (Å²) in [6.45, 7) is 1.94. The van der Waals surface area contributed by atoms with Crippen LogP contribution in [0.1, 0.15) is 30.9 Å². The first kappa shape index (κ1) is 21.4. The predicted molar refractivity (Wildman–Crippen MR) is 116 cm³/mol. The Morgan fingerprint density at radius 1 is 1.15 bits per heavy atom. The number of benzene rings is 1. The fraction of sp³-hybridized carbons (Fsp3) is 0.391. The zero-order valence-corrected chi connectivity index (χ0v) is 18.0. The zero-order chi connectivity index (χ0) is 23.0. The van der Waals surface area contributed by atoms with E-state index >= 15 is 0 Å². The van der Waals surface area contributed by atoms with Crippen LogP contribution in [0.2, 0.25) is 0 Å². The van der Waals surface area contributed by atoms with Crippen molar-refractivity contribution < 1.29 is 22.7 Å². The molecule has 0 atom stereocenters. The minimum atomic E-state index is -2.83. The minimum Gasteiger partial charge on any atom is -0.415 e. The van der Waals surface area contributed by atoms with Crippen molar-refractivity contribution in [3.8, 4) is 11.5 Å². The van der Waals surface area contributed by atoms with Gasteiger partial charge in [0.2, 0.25) is 12.3 Å². The molecule has 0 unspecified atom stereocenters. The highest BCUT2D eigenvalue weighted by molar-refractivity contribution is 5.84. The van der Waals surface area contributed by atoms with Crippen molar-refractivity contribution in [2.75, 3.05) is 30.1 Å². The lowest BCUT2D eigenvalue weighted by Gasteiger charge is -2.56. The van der Waals surface area contributed by atoms with Crippen molar-refractivity contribution in [1.29, 1.82) is 0 Å². The van der Waals surface area contributed by atoms with E-state index in [1.165, 1.54) is 6.20 Å². The molecule has 172 valence electrons. The van der Waals surface area contributed by atoms with Crippen LogP contribution in [0, 0.1) is 5.41 Å². The predicted octanol–water partition coefficient (Wildman–Crippen LogP) is 3.85. The summed E-state index contributed by atoms with van der Waals surface area (Å²) in [6.07, 6.45) is 1.60. The Kier molecular flexibility index (Phi) is 5.53. The van der Waals surface area contributed by atoms with E-state index < -0.39 is 12.3 Å². The molecule has 3 heterocycles. The first-order chi connectivity index (χ1) is 16.0. The number of pyridine rings is 1.